The van der Waals surface area contributed by atoms with Crippen molar-refractivity contribution in [3.8, 4) is 5.75 Å². The summed E-state index contributed by atoms with van der Waals surface area (Å²) in [6.45, 7) is 8.98. The van der Waals surface area contributed by atoms with Crippen LogP contribution in [0.5, 0.6) is 5.75 Å². The first-order valence-electron chi connectivity index (χ1n) is 17.7. The number of para-hydroxylation sites is 1. The average Bonchev–Trinajstić information content (AvgIpc) is 3.05. The van der Waals surface area contributed by atoms with Crippen molar-refractivity contribution in [2.75, 3.05) is 26.0 Å². The number of hydrogen-bond donors (Lipinski definition) is 4. The van der Waals surface area contributed by atoms with Crippen LogP contribution in [-0.2, 0) is 30.6 Å². The highest BCUT2D eigenvalue weighted by atomic mass is 32.2. The molecule has 0 spiro atoms. The molecule has 0 unspecified atom stereocenters. The number of nitrogens with zero attached hydrogens (tertiary/aromatic N) is 1. The van der Waals surface area contributed by atoms with Gasteiger partial charge < -0.3 is 25.8 Å². The Kier molecular flexibility index (Phi) is 13.1. The Bertz CT molecular complexity index is 1550. The fraction of sp³-hybridized carbons (Fsp3) is 0.605. The molecule has 0 radical (unpaired) electrons. The van der Waals surface area contributed by atoms with Gasteiger partial charge in [0.25, 0.3) is 5.91 Å². The van der Waals surface area contributed by atoms with Gasteiger partial charge in [0.1, 0.15) is 11.8 Å². The van der Waals surface area contributed by atoms with Gasteiger partial charge in [0.2, 0.25) is 11.8 Å². The number of sulfone groups is 1. The lowest BCUT2D eigenvalue weighted by Gasteiger charge is -2.47. The first kappa shape index (κ1) is 39.3. The van der Waals surface area contributed by atoms with Crippen LogP contribution in [0.1, 0.15) is 72.3 Å². The number of nitrogens with one attached hydrogen (secondary N) is 3. The molecule has 3 amide bonds. The number of benzene rings is 2. The Morgan fingerprint density at radius 1 is 0.920 bits per heavy atom. The standard InChI is InChI=1S/C38H56N4O7S/c1-37(2,3)41-35(45)31-22-27-17-13-14-18-28(27)23-42(31)24-32(43)30(21-26-15-9-7-10-16-26)39-36(46)34(38(4,5)50(6,47)48)40-33(44)25-49-29-19-11-8-12-20-29/h7-12,15-16,19-20,27-28,30-32,34,43H,13-14,17-18,21-25H2,1-6H3,(H,39,46)(H,40,44)(H,41,45)/t27-,28+,30-,31-,32+,34+/m0/s1. The van der Waals surface area contributed by atoms with Crippen molar-refractivity contribution >= 4 is 27.6 Å². The Morgan fingerprint density at radius 3 is 2.12 bits per heavy atom. The number of carbonyl (C=O) groups excluding carboxylic acids is 3. The quantitative estimate of drug-likeness (QED) is 0.233. The summed E-state index contributed by atoms with van der Waals surface area (Å²) in [5.74, 6) is -0.182. The molecule has 2 aromatic rings. The molecule has 11 nitrogen and oxygen atoms in total. The van der Waals surface area contributed by atoms with Gasteiger partial charge in [0, 0.05) is 24.9 Å². The molecule has 12 heteroatoms. The third-order valence-electron chi connectivity index (χ3n) is 10.1. The summed E-state index contributed by atoms with van der Waals surface area (Å²) in [5, 5.41) is 20.6. The summed E-state index contributed by atoms with van der Waals surface area (Å²) in [7, 11) is -3.87. The van der Waals surface area contributed by atoms with E-state index in [1.807, 2.05) is 51.1 Å². The van der Waals surface area contributed by atoms with Crippen molar-refractivity contribution in [3.63, 3.8) is 0 Å². The Morgan fingerprint density at radius 2 is 1.52 bits per heavy atom. The van der Waals surface area contributed by atoms with Gasteiger partial charge in [-0.3, -0.25) is 19.3 Å². The zero-order valence-electron chi connectivity index (χ0n) is 30.4. The van der Waals surface area contributed by atoms with Crippen molar-refractivity contribution in [1.82, 2.24) is 20.9 Å². The second-order valence-electron chi connectivity index (χ2n) is 15.6. The topological polar surface area (TPSA) is 154 Å². The van der Waals surface area contributed by atoms with Crippen LogP contribution in [0.25, 0.3) is 0 Å². The maximum atomic E-state index is 14.1. The van der Waals surface area contributed by atoms with Crippen molar-refractivity contribution in [3.05, 3.63) is 66.2 Å². The minimum atomic E-state index is -3.87. The highest BCUT2D eigenvalue weighted by Gasteiger charge is 2.46. The molecule has 6 atom stereocenters. The largest absolute Gasteiger partial charge is 0.484 e. The highest BCUT2D eigenvalue weighted by molar-refractivity contribution is 7.92. The van der Waals surface area contributed by atoms with E-state index < -0.39 is 62.8 Å². The van der Waals surface area contributed by atoms with Gasteiger partial charge in [-0.1, -0.05) is 67.8 Å². The number of hydrogen-bond acceptors (Lipinski definition) is 8. The maximum Gasteiger partial charge on any atom is 0.258 e. The number of likely N-dealkylation sites (tertiary alicyclic amines) is 1. The van der Waals surface area contributed by atoms with Crippen molar-refractivity contribution < 1.29 is 32.6 Å². The van der Waals surface area contributed by atoms with Gasteiger partial charge in [-0.05, 0) is 83.4 Å². The van der Waals surface area contributed by atoms with Gasteiger partial charge in [-0.2, -0.15) is 0 Å². The second kappa shape index (κ2) is 16.7. The van der Waals surface area contributed by atoms with Crippen LogP contribution in [0, 0.1) is 11.8 Å². The zero-order chi connectivity index (χ0) is 36.7. The predicted molar refractivity (Wildman–Crippen MR) is 194 cm³/mol. The minimum absolute atomic E-state index is 0.0761. The lowest BCUT2D eigenvalue weighted by atomic mass is 9.72. The Labute approximate surface area is 297 Å². The number of carbonyl (C=O) groups is 3. The van der Waals surface area contributed by atoms with Gasteiger partial charge >= 0.3 is 0 Å². The molecule has 50 heavy (non-hydrogen) atoms. The zero-order valence-corrected chi connectivity index (χ0v) is 31.2. The number of fused-ring (bicyclic) bond motifs is 1. The SMILES string of the molecule is CC(C)(C)NC(=O)[C@@H]1C[C@@H]2CCCC[C@@H]2CN1C[C@@H](O)[C@H](Cc1ccccc1)NC(=O)[C@@H](NC(=O)COc1ccccc1)C(C)(C)S(C)(=O)=O. The van der Waals surface area contributed by atoms with Crippen LogP contribution in [0.4, 0.5) is 0 Å². The van der Waals surface area contributed by atoms with Crippen LogP contribution in [0.15, 0.2) is 60.7 Å². The second-order valence-corrected chi connectivity index (χ2v) is 18.2. The Hall–Kier alpha value is -3.48. The molecule has 1 aliphatic carbocycles. The van der Waals surface area contributed by atoms with E-state index in [0.717, 1.165) is 37.5 Å². The molecule has 0 aromatic heterocycles. The normalized spacial score (nSPS) is 21.9. The third-order valence-corrected chi connectivity index (χ3v) is 12.3. The van der Waals surface area contributed by atoms with E-state index in [-0.39, 0.29) is 18.9 Å². The fourth-order valence-corrected chi connectivity index (χ4v) is 7.64. The molecule has 276 valence electrons. The molecule has 4 N–H and O–H groups in total. The molecule has 2 fully saturated rings. The molecule has 1 saturated carbocycles. The van der Waals surface area contributed by atoms with E-state index in [4.69, 9.17) is 4.74 Å². The lowest BCUT2D eigenvalue weighted by molar-refractivity contribution is -0.133. The number of piperidine rings is 1. The molecule has 1 heterocycles. The minimum Gasteiger partial charge on any atom is -0.484 e. The Balaban J connectivity index is 1.58. The number of aliphatic hydroxyl groups excluding tert-OH is 1. The molecule has 2 aromatic carbocycles. The van der Waals surface area contributed by atoms with Crippen LogP contribution in [0.2, 0.25) is 0 Å². The molecule has 1 aliphatic heterocycles. The van der Waals surface area contributed by atoms with E-state index in [9.17, 15) is 27.9 Å². The lowest BCUT2D eigenvalue weighted by Crippen LogP contribution is -2.64. The number of β-amino-alcohol motifs (C(OH)–C–C–N with tert-alkyl or cyclic N) is 1. The van der Waals surface area contributed by atoms with Gasteiger partial charge in [0.15, 0.2) is 16.4 Å². The van der Waals surface area contributed by atoms with Crippen molar-refractivity contribution in [2.24, 2.45) is 11.8 Å². The van der Waals surface area contributed by atoms with E-state index in [1.165, 1.54) is 13.8 Å². The number of amides is 3. The van der Waals surface area contributed by atoms with Gasteiger partial charge in [0.05, 0.1) is 22.9 Å². The molecule has 2 aliphatic rings. The van der Waals surface area contributed by atoms with Gasteiger partial charge in [-0.15, -0.1) is 0 Å². The van der Waals surface area contributed by atoms with E-state index in [1.54, 1.807) is 30.3 Å². The molecule has 1 saturated heterocycles. The summed E-state index contributed by atoms with van der Waals surface area (Å²) in [5.41, 5.74) is 0.427. The summed E-state index contributed by atoms with van der Waals surface area (Å²) >= 11 is 0. The van der Waals surface area contributed by atoms with E-state index >= 15 is 0 Å². The number of aliphatic hydroxyl groups is 1. The predicted octanol–water partition coefficient (Wildman–Crippen LogP) is 3.26. The van der Waals surface area contributed by atoms with Crippen LogP contribution in [0.3, 0.4) is 0 Å². The summed E-state index contributed by atoms with van der Waals surface area (Å²) in [4.78, 5) is 42.9. The monoisotopic (exact) mass is 712 g/mol. The van der Waals surface area contributed by atoms with Crippen LogP contribution < -0.4 is 20.7 Å². The van der Waals surface area contributed by atoms with E-state index in [2.05, 4.69) is 20.9 Å². The van der Waals surface area contributed by atoms with Gasteiger partial charge in [-0.25, -0.2) is 8.42 Å². The van der Waals surface area contributed by atoms with Crippen molar-refractivity contribution in [1.29, 1.82) is 0 Å². The molecular weight excluding hydrogens is 657 g/mol. The first-order chi connectivity index (χ1) is 23.4. The average molecular weight is 713 g/mol. The summed E-state index contributed by atoms with van der Waals surface area (Å²) < 4.78 is 29.8. The number of rotatable bonds is 14. The van der Waals surface area contributed by atoms with Crippen molar-refractivity contribution in [2.45, 2.75) is 108 Å². The third kappa shape index (κ3) is 10.8. The molecule has 0 bridgehead atoms. The summed E-state index contributed by atoms with van der Waals surface area (Å²) in [6.07, 6.45) is 5.31. The number of ether oxygens (including phenoxy) is 1. The molecule has 4 rings (SSSR count). The van der Waals surface area contributed by atoms with Crippen LogP contribution >= 0.6 is 0 Å². The smallest absolute Gasteiger partial charge is 0.258 e. The fourth-order valence-electron chi connectivity index (χ4n) is 7.05. The molecular formula is C38H56N4O7S. The highest BCUT2D eigenvalue weighted by Crippen LogP contribution is 2.39. The van der Waals surface area contributed by atoms with E-state index in [0.29, 0.717) is 30.6 Å². The maximum absolute atomic E-state index is 14.1. The summed E-state index contributed by atoms with van der Waals surface area (Å²) in [6, 6.07) is 15.3. The first-order valence-corrected chi connectivity index (χ1v) is 19.6. The van der Waals surface area contributed by atoms with Crippen LogP contribution in [-0.4, -0.2) is 96.6 Å².